The molecule has 1 aliphatic carbocycles. The van der Waals surface area contributed by atoms with Gasteiger partial charge in [-0.25, -0.2) is 0 Å². The van der Waals surface area contributed by atoms with E-state index in [-0.39, 0.29) is 12.8 Å². The average molecular weight is 333 g/mol. The summed E-state index contributed by atoms with van der Waals surface area (Å²) in [6.45, 7) is 10.3. The molecule has 0 amide bonds. The first-order valence-corrected chi connectivity index (χ1v) is 8.97. The molecule has 0 atom stereocenters. The molecule has 0 spiro atoms. The van der Waals surface area contributed by atoms with Crippen molar-refractivity contribution in [2.45, 2.75) is 46.5 Å². The summed E-state index contributed by atoms with van der Waals surface area (Å²) in [4.78, 5) is 0. The Hall–Kier alpha value is -2.34. The largest absolute Gasteiger partial charge is 0.0987 e. The first-order valence-electron chi connectivity index (χ1n) is 8.97. The molecule has 2 aromatic carbocycles. The van der Waals surface area contributed by atoms with Crippen molar-refractivity contribution < 1.29 is 0 Å². The van der Waals surface area contributed by atoms with Crippen LogP contribution in [0.3, 0.4) is 0 Å². The highest BCUT2D eigenvalue weighted by atomic mass is 14.4. The molecule has 0 heterocycles. The van der Waals surface area contributed by atoms with Crippen LogP contribution in [-0.4, -0.2) is 0 Å². The van der Waals surface area contributed by atoms with E-state index in [0.717, 1.165) is 12.8 Å². The standard InChI is InChI=1S/C22H22.C2H6.CH4/c1-3-11-19-17-16-18(4-2)22(19,20-12-7-5-8-13-20)21-14-9-6-10-15-21;1-2;/h4-16H,2-3,17H2,1H3;1-2H3;1H4/b19-11+;;. The summed E-state index contributed by atoms with van der Waals surface area (Å²) in [6.07, 6.45) is 8.78. The molecule has 0 nitrogen and oxygen atoms in total. The third-order valence-electron chi connectivity index (χ3n) is 4.54. The van der Waals surface area contributed by atoms with E-state index >= 15 is 0 Å². The lowest BCUT2D eigenvalue weighted by Gasteiger charge is -2.35. The zero-order valence-corrected chi connectivity index (χ0v) is 15.1. The molecule has 3 rings (SSSR count). The molecule has 0 saturated carbocycles. The number of allylic oxidation sites excluding steroid dienone is 5. The van der Waals surface area contributed by atoms with Gasteiger partial charge < -0.3 is 0 Å². The van der Waals surface area contributed by atoms with E-state index in [1.807, 2.05) is 19.9 Å². The highest BCUT2D eigenvalue weighted by Crippen LogP contribution is 2.51. The second-order valence-corrected chi connectivity index (χ2v) is 5.69. The van der Waals surface area contributed by atoms with Crippen LogP contribution >= 0.6 is 0 Å². The Morgan fingerprint density at radius 3 is 1.80 bits per heavy atom. The van der Waals surface area contributed by atoms with Crippen molar-refractivity contribution in [3.05, 3.63) is 108 Å². The average Bonchev–Trinajstić information content (AvgIpc) is 3.04. The predicted octanol–water partition coefficient (Wildman–Crippen LogP) is 7.49. The second-order valence-electron chi connectivity index (χ2n) is 5.69. The van der Waals surface area contributed by atoms with Gasteiger partial charge in [0.2, 0.25) is 0 Å². The molecule has 0 fully saturated rings. The minimum atomic E-state index is -0.180. The van der Waals surface area contributed by atoms with Crippen LogP contribution in [0.15, 0.2) is 96.6 Å². The van der Waals surface area contributed by atoms with Gasteiger partial charge in [0.1, 0.15) is 0 Å². The Balaban J connectivity index is 0.00000101. The van der Waals surface area contributed by atoms with Gasteiger partial charge in [-0.3, -0.25) is 0 Å². The normalized spacial score (nSPS) is 16.3. The summed E-state index contributed by atoms with van der Waals surface area (Å²) in [5.41, 5.74) is 5.22. The van der Waals surface area contributed by atoms with E-state index in [1.165, 1.54) is 22.3 Å². The van der Waals surface area contributed by atoms with Gasteiger partial charge in [0, 0.05) is 0 Å². The van der Waals surface area contributed by atoms with Gasteiger partial charge in [-0.15, -0.1) is 0 Å². The van der Waals surface area contributed by atoms with Crippen LogP contribution in [-0.2, 0) is 5.41 Å². The third kappa shape index (κ3) is 3.69. The first kappa shape index (κ1) is 20.7. The SMILES string of the molecule is C.C=CC1=CC/C(=C\CC)C1(c1ccccc1)c1ccccc1.CC. The topological polar surface area (TPSA) is 0 Å². The van der Waals surface area contributed by atoms with Crippen LogP contribution in [0, 0.1) is 0 Å². The summed E-state index contributed by atoms with van der Waals surface area (Å²) in [6, 6.07) is 21.6. The first-order chi connectivity index (χ1) is 11.8. The molecule has 2 aromatic rings. The monoisotopic (exact) mass is 332 g/mol. The number of benzene rings is 2. The van der Waals surface area contributed by atoms with Gasteiger partial charge in [-0.05, 0) is 29.5 Å². The molecule has 0 heteroatoms. The van der Waals surface area contributed by atoms with Gasteiger partial charge in [-0.1, -0.05) is 119 Å². The Morgan fingerprint density at radius 2 is 1.40 bits per heavy atom. The Labute approximate surface area is 154 Å². The molecule has 0 unspecified atom stereocenters. The molecule has 0 saturated heterocycles. The number of rotatable bonds is 4. The molecule has 1 aliphatic rings. The fourth-order valence-corrected chi connectivity index (χ4v) is 3.68. The van der Waals surface area contributed by atoms with Crippen molar-refractivity contribution in [2.24, 2.45) is 0 Å². The predicted molar refractivity (Wildman–Crippen MR) is 113 cm³/mol. The maximum atomic E-state index is 4.09. The third-order valence-corrected chi connectivity index (χ3v) is 4.54. The zero-order valence-electron chi connectivity index (χ0n) is 15.1. The maximum Gasteiger partial charge on any atom is 0.0661 e. The molecular formula is C25H32. The lowest BCUT2D eigenvalue weighted by atomic mass is 9.67. The van der Waals surface area contributed by atoms with Crippen LogP contribution in [0.4, 0.5) is 0 Å². The molecule has 25 heavy (non-hydrogen) atoms. The van der Waals surface area contributed by atoms with Crippen molar-refractivity contribution in [3.63, 3.8) is 0 Å². The van der Waals surface area contributed by atoms with Crippen LogP contribution < -0.4 is 0 Å². The van der Waals surface area contributed by atoms with Crippen molar-refractivity contribution in [1.82, 2.24) is 0 Å². The van der Waals surface area contributed by atoms with Crippen LogP contribution in [0.2, 0.25) is 0 Å². The van der Waals surface area contributed by atoms with Crippen LogP contribution in [0.25, 0.3) is 0 Å². The van der Waals surface area contributed by atoms with E-state index in [2.05, 4.69) is 86.3 Å². The minimum Gasteiger partial charge on any atom is -0.0987 e. The van der Waals surface area contributed by atoms with Gasteiger partial charge in [0.25, 0.3) is 0 Å². The molecule has 0 aliphatic heterocycles. The van der Waals surface area contributed by atoms with Gasteiger partial charge in [-0.2, -0.15) is 0 Å². The fraction of sp³-hybridized carbons (Fsp3) is 0.280. The van der Waals surface area contributed by atoms with Crippen molar-refractivity contribution in [2.75, 3.05) is 0 Å². The smallest absolute Gasteiger partial charge is 0.0661 e. The Kier molecular flexibility index (Phi) is 8.15. The number of hydrogen-bond donors (Lipinski definition) is 0. The van der Waals surface area contributed by atoms with E-state index in [1.54, 1.807) is 0 Å². The quantitative estimate of drug-likeness (QED) is 0.509. The summed E-state index contributed by atoms with van der Waals surface area (Å²) in [5, 5.41) is 0. The van der Waals surface area contributed by atoms with E-state index in [9.17, 15) is 0 Å². The summed E-state index contributed by atoms with van der Waals surface area (Å²) < 4.78 is 0. The summed E-state index contributed by atoms with van der Waals surface area (Å²) >= 11 is 0. The highest BCUT2D eigenvalue weighted by molar-refractivity contribution is 5.63. The molecule has 0 bridgehead atoms. The summed E-state index contributed by atoms with van der Waals surface area (Å²) in [7, 11) is 0. The lowest BCUT2D eigenvalue weighted by Crippen LogP contribution is -2.29. The summed E-state index contributed by atoms with van der Waals surface area (Å²) in [5.74, 6) is 0. The van der Waals surface area contributed by atoms with Gasteiger partial charge in [0.15, 0.2) is 0 Å². The molecule has 0 radical (unpaired) electrons. The minimum absolute atomic E-state index is 0. The fourth-order valence-electron chi connectivity index (χ4n) is 3.68. The van der Waals surface area contributed by atoms with E-state index in [0.29, 0.717) is 0 Å². The van der Waals surface area contributed by atoms with Gasteiger partial charge in [0.05, 0.1) is 5.41 Å². The van der Waals surface area contributed by atoms with Crippen molar-refractivity contribution in [1.29, 1.82) is 0 Å². The van der Waals surface area contributed by atoms with Crippen LogP contribution in [0.5, 0.6) is 0 Å². The van der Waals surface area contributed by atoms with Crippen molar-refractivity contribution in [3.8, 4) is 0 Å². The number of hydrogen-bond acceptors (Lipinski definition) is 0. The Morgan fingerprint density at radius 1 is 0.920 bits per heavy atom. The Bertz CT molecular complexity index is 663. The van der Waals surface area contributed by atoms with Crippen LogP contribution in [0.1, 0.15) is 52.2 Å². The maximum absolute atomic E-state index is 4.09. The molecule has 0 N–H and O–H groups in total. The van der Waals surface area contributed by atoms with E-state index < -0.39 is 0 Å². The highest BCUT2D eigenvalue weighted by Gasteiger charge is 2.42. The second kappa shape index (κ2) is 9.84. The van der Waals surface area contributed by atoms with Crippen molar-refractivity contribution >= 4 is 0 Å². The zero-order chi connectivity index (χ0) is 17.4. The molecular weight excluding hydrogens is 300 g/mol. The van der Waals surface area contributed by atoms with Gasteiger partial charge >= 0.3 is 0 Å². The molecule has 132 valence electrons. The van der Waals surface area contributed by atoms with E-state index in [4.69, 9.17) is 0 Å². The lowest BCUT2D eigenvalue weighted by molar-refractivity contribution is 0.736. The molecule has 0 aromatic heterocycles.